The first kappa shape index (κ1) is 14.3. The zero-order chi connectivity index (χ0) is 13.8. The number of nitrogens with zero attached hydrogens (tertiary/aromatic N) is 1. The molecule has 0 radical (unpaired) electrons. The van der Waals surface area contributed by atoms with Gasteiger partial charge in [-0.3, -0.25) is 4.90 Å². The first-order valence-corrected chi connectivity index (χ1v) is 7.53. The predicted molar refractivity (Wildman–Crippen MR) is 85.5 cm³/mol. The van der Waals surface area contributed by atoms with Crippen LogP contribution >= 0.6 is 11.3 Å². The van der Waals surface area contributed by atoms with E-state index in [1.54, 1.807) is 0 Å². The molecule has 0 fully saturated rings. The summed E-state index contributed by atoms with van der Waals surface area (Å²) in [5.74, 6) is 0. The molecule has 0 aliphatic carbocycles. The lowest BCUT2D eigenvalue weighted by molar-refractivity contribution is 0.305. The van der Waals surface area contributed by atoms with Gasteiger partial charge in [0.05, 0.1) is 0 Å². The van der Waals surface area contributed by atoms with Crippen LogP contribution in [0.25, 0.3) is 10.1 Å². The average Bonchev–Trinajstić information content (AvgIpc) is 2.75. The molecule has 0 aliphatic rings. The van der Waals surface area contributed by atoms with Crippen molar-refractivity contribution in [1.82, 2.24) is 4.90 Å². The van der Waals surface area contributed by atoms with Gasteiger partial charge in [-0.2, -0.15) is 0 Å². The van der Waals surface area contributed by atoms with E-state index in [-0.39, 0.29) is 0 Å². The van der Waals surface area contributed by atoms with Gasteiger partial charge in [0.15, 0.2) is 0 Å². The molecule has 0 aliphatic heterocycles. The van der Waals surface area contributed by atoms with Crippen LogP contribution < -0.4 is 5.73 Å². The maximum Gasteiger partial charge on any atom is 0.0349 e. The fraction of sp³-hybridized carbons (Fsp3) is 0.375. The summed E-state index contributed by atoms with van der Waals surface area (Å²) >= 11 is 1.82. The highest BCUT2D eigenvalue weighted by Gasteiger charge is 2.13. The molecule has 1 heterocycles. The maximum absolute atomic E-state index is 5.91. The lowest BCUT2D eigenvalue weighted by atomic mass is 10.1. The van der Waals surface area contributed by atoms with E-state index < -0.39 is 0 Å². The molecule has 19 heavy (non-hydrogen) atoms. The molecular weight excluding hydrogens is 252 g/mol. The molecule has 3 heteroatoms. The van der Waals surface area contributed by atoms with Gasteiger partial charge < -0.3 is 5.73 Å². The van der Waals surface area contributed by atoms with Crippen LogP contribution in [-0.2, 0) is 13.1 Å². The first-order valence-electron chi connectivity index (χ1n) is 6.71. The number of nitrogens with two attached hydrogens (primary N) is 1. The number of rotatable bonds is 6. The minimum atomic E-state index is 0.624. The fourth-order valence-corrected chi connectivity index (χ4v) is 3.47. The molecule has 0 unspecified atom stereocenters. The van der Waals surface area contributed by atoms with Crippen molar-refractivity contribution in [1.29, 1.82) is 0 Å². The van der Waals surface area contributed by atoms with Crippen LogP contribution in [0.15, 0.2) is 36.4 Å². The fourth-order valence-electron chi connectivity index (χ4n) is 2.37. The van der Waals surface area contributed by atoms with E-state index in [0.717, 1.165) is 19.6 Å². The minimum Gasteiger partial charge on any atom is -0.326 e. The molecule has 1 aromatic heterocycles. The smallest absolute Gasteiger partial charge is 0.0349 e. The summed E-state index contributed by atoms with van der Waals surface area (Å²) in [5.41, 5.74) is 8.51. The Labute approximate surface area is 119 Å². The van der Waals surface area contributed by atoms with Gasteiger partial charge in [0, 0.05) is 29.2 Å². The van der Waals surface area contributed by atoms with Gasteiger partial charge >= 0.3 is 0 Å². The maximum atomic E-state index is 5.91. The second-order valence-corrected chi connectivity index (χ2v) is 6.10. The van der Waals surface area contributed by atoms with Gasteiger partial charge in [-0.05, 0) is 30.5 Å². The van der Waals surface area contributed by atoms with Crippen molar-refractivity contribution in [2.45, 2.75) is 26.9 Å². The molecule has 0 saturated heterocycles. The van der Waals surface area contributed by atoms with Gasteiger partial charge in [0.1, 0.15) is 0 Å². The third-order valence-corrected chi connectivity index (χ3v) is 4.53. The van der Waals surface area contributed by atoms with Crippen LogP contribution in [-0.4, -0.2) is 18.0 Å². The molecule has 2 rings (SSSR count). The van der Waals surface area contributed by atoms with Gasteiger partial charge in [-0.15, -0.1) is 11.3 Å². The Bertz CT molecular complexity index is 571. The predicted octanol–water partition coefficient (Wildman–Crippen LogP) is 3.76. The number of hydrogen-bond donors (Lipinski definition) is 1. The second-order valence-electron chi connectivity index (χ2n) is 4.96. The van der Waals surface area contributed by atoms with Gasteiger partial charge in [-0.1, -0.05) is 37.3 Å². The Kier molecular flexibility index (Phi) is 4.75. The van der Waals surface area contributed by atoms with Crippen molar-refractivity contribution in [3.8, 4) is 0 Å². The van der Waals surface area contributed by atoms with Crippen LogP contribution in [0.1, 0.15) is 24.3 Å². The SMILES string of the molecule is C=C(C)CN(CC)Cc1c(CN)sc2ccccc12. The highest BCUT2D eigenvalue weighted by Crippen LogP contribution is 2.32. The topological polar surface area (TPSA) is 29.3 Å². The second kappa shape index (κ2) is 6.33. The van der Waals surface area contributed by atoms with Gasteiger partial charge in [-0.25, -0.2) is 0 Å². The quantitative estimate of drug-likeness (QED) is 0.813. The van der Waals surface area contributed by atoms with Crippen LogP contribution in [0, 0.1) is 0 Å². The first-order chi connectivity index (χ1) is 9.15. The van der Waals surface area contributed by atoms with Crippen LogP contribution in [0.5, 0.6) is 0 Å². The van der Waals surface area contributed by atoms with Crippen molar-refractivity contribution in [2.24, 2.45) is 5.73 Å². The van der Waals surface area contributed by atoms with Gasteiger partial charge in [0.2, 0.25) is 0 Å². The summed E-state index contributed by atoms with van der Waals surface area (Å²) in [6, 6.07) is 8.58. The van der Waals surface area contributed by atoms with Crippen molar-refractivity contribution >= 4 is 21.4 Å². The molecule has 0 amide bonds. The summed E-state index contributed by atoms with van der Waals surface area (Å²) in [7, 11) is 0. The number of thiophene rings is 1. The van der Waals surface area contributed by atoms with Crippen molar-refractivity contribution in [3.63, 3.8) is 0 Å². The number of fused-ring (bicyclic) bond motifs is 1. The van der Waals surface area contributed by atoms with Crippen LogP contribution in [0.3, 0.4) is 0 Å². The van der Waals surface area contributed by atoms with Crippen LogP contribution in [0.4, 0.5) is 0 Å². The van der Waals surface area contributed by atoms with E-state index in [1.807, 2.05) is 11.3 Å². The molecule has 0 bridgehead atoms. The Hall–Kier alpha value is -1.16. The van der Waals surface area contributed by atoms with Crippen LogP contribution in [0.2, 0.25) is 0 Å². The third-order valence-electron chi connectivity index (χ3n) is 3.29. The summed E-state index contributed by atoms with van der Waals surface area (Å²) in [6.45, 7) is 11.8. The molecule has 0 spiro atoms. The minimum absolute atomic E-state index is 0.624. The van der Waals surface area contributed by atoms with Crippen molar-refractivity contribution < 1.29 is 0 Å². The average molecular weight is 274 g/mol. The zero-order valence-corrected chi connectivity index (χ0v) is 12.6. The summed E-state index contributed by atoms with van der Waals surface area (Å²) < 4.78 is 1.34. The van der Waals surface area contributed by atoms with E-state index in [4.69, 9.17) is 5.73 Å². The van der Waals surface area contributed by atoms with Gasteiger partial charge in [0.25, 0.3) is 0 Å². The lowest BCUT2D eigenvalue weighted by Gasteiger charge is -2.21. The highest BCUT2D eigenvalue weighted by molar-refractivity contribution is 7.19. The van der Waals surface area contributed by atoms with E-state index >= 15 is 0 Å². The summed E-state index contributed by atoms with van der Waals surface area (Å²) in [6.07, 6.45) is 0. The normalized spacial score (nSPS) is 11.4. The molecule has 1 aromatic carbocycles. The Balaban J connectivity index is 2.34. The Morgan fingerprint density at radius 1 is 1.37 bits per heavy atom. The third kappa shape index (κ3) is 3.24. The zero-order valence-electron chi connectivity index (χ0n) is 11.8. The number of likely N-dealkylation sites (N-methyl/N-ethyl adjacent to an activating group) is 1. The molecule has 2 N–H and O–H groups in total. The van der Waals surface area contributed by atoms with Crippen molar-refractivity contribution in [2.75, 3.05) is 13.1 Å². The summed E-state index contributed by atoms with van der Waals surface area (Å²) in [5, 5.41) is 1.35. The molecular formula is C16H22N2S. The lowest BCUT2D eigenvalue weighted by Crippen LogP contribution is -2.25. The summed E-state index contributed by atoms with van der Waals surface area (Å²) in [4.78, 5) is 3.72. The number of hydrogen-bond acceptors (Lipinski definition) is 3. The standard InChI is InChI=1S/C16H22N2S/c1-4-18(10-12(2)3)11-14-13-7-5-6-8-15(13)19-16(14)9-17/h5-8H,2,4,9-11,17H2,1,3H3. The van der Waals surface area contributed by atoms with E-state index in [0.29, 0.717) is 6.54 Å². The monoisotopic (exact) mass is 274 g/mol. The Morgan fingerprint density at radius 3 is 2.74 bits per heavy atom. The molecule has 102 valence electrons. The molecule has 0 saturated carbocycles. The highest BCUT2D eigenvalue weighted by atomic mass is 32.1. The molecule has 2 nitrogen and oxygen atoms in total. The largest absolute Gasteiger partial charge is 0.326 e. The molecule has 0 atom stereocenters. The Morgan fingerprint density at radius 2 is 2.11 bits per heavy atom. The van der Waals surface area contributed by atoms with E-state index in [1.165, 1.54) is 26.1 Å². The number of benzene rings is 1. The van der Waals surface area contributed by atoms with Crippen molar-refractivity contribution in [3.05, 3.63) is 46.9 Å². The van der Waals surface area contributed by atoms with E-state index in [2.05, 4.69) is 49.6 Å². The molecule has 2 aromatic rings. The van der Waals surface area contributed by atoms with E-state index in [9.17, 15) is 0 Å².